The van der Waals surface area contributed by atoms with Crippen LogP contribution in [0.15, 0.2) is 18.5 Å². The molecule has 0 aliphatic rings. The number of hydrogen-bond acceptors (Lipinski definition) is 1. The quantitative estimate of drug-likeness (QED) is 0.704. The molecule has 1 aromatic rings. The van der Waals surface area contributed by atoms with Gasteiger partial charge in [0.15, 0.2) is 0 Å². The van der Waals surface area contributed by atoms with Crippen LogP contribution in [0.25, 0.3) is 0 Å². The molecule has 1 heterocycles. The van der Waals surface area contributed by atoms with Crippen LogP contribution in [-0.4, -0.2) is 10.6 Å². The average Bonchev–Trinajstić information content (AvgIpc) is 2.64. The number of nitrogens with zero attached hydrogens (tertiary/aromatic N) is 1. The van der Waals surface area contributed by atoms with E-state index < -0.39 is 0 Å². The first-order valence-electron chi connectivity index (χ1n) is 5.57. The van der Waals surface area contributed by atoms with Crippen LogP contribution in [0.1, 0.15) is 32.3 Å². The Kier molecular flexibility index (Phi) is 5.00. The Balaban J connectivity index is 2.34. The third-order valence-corrected chi connectivity index (χ3v) is 2.37. The van der Waals surface area contributed by atoms with Gasteiger partial charge in [0.2, 0.25) is 0 Å². The molecule has 0 aromatic carbocycles. The Morgan fingerprint density at radius 3 is 3.07 bits per heavy atom. The first-order chi connectivity index (χ1) is 7.26. The molecule has 1 rings (SSSR count). The van der Waals surface area contributed by atoms with Gasteiger partial charge in [-0.25, -0.2) is 0 Å². The van der Waals surface area contributed by atoms with E-state index in [0.717, 1.165) is 19.5 Å². The van der Waals surface area contributed by atoms with E-state index in [1.165, 1.54) is 12.0 Å². The SMILES string of the molecule is C#CCC(C)NCc1ccn(CCC)c1. The fourth-order valence-corrected chi connectivity index (χ4v) is 1.53. The summed E-state index contributed by atoms with van der Waals surface area (Å²) < 4.78 is 2.23. The lowest BCUT2D eigenvalue weighted by molar-refractivity contribution is 0.558. The zero-order valence-corrected chi connectivity index (χ0v) is 9.66. The van der Waals surface area contributed by atoms with E-state index in [-0.39, 0.29) is 0 Å². The lowest BCUT2D eigenvalue weighted by Crippen LogP contribution is -2.24. The van der Waals surface area contributed by atoms with E-state index >= 15 is 0 Å². The molecule has 0 radical (unpaired) electrons. The fourth-order valence-electron chi connectivity index (χ4n) is 1.53. The normalized spacial score (nSPS) is 12.3. The molecule has 15 heavy (non-hydrogen) atoms. The molecule has 2 nitrogen and oxygen atoms in total. The van der Waals surface area contributed by atoms with Crippen molar-refractivity contribution in [2.75, 3.05) is 0 Å². The van der Waals surface area contributed by atoms with Gasteiger partial charge < -0.3 is 9.88 Å². The van der Waals surface area contributed by atoms with Gasteiger partial charge >= 0.3 is 0 Å². The number of rotatable bonds is 6. The summed E-state index contributed by atoms with van der Waals surface area (Å²) in [6.07, 6.45) is 11.5. The van der Waals surface area contributed by atoms with Crippen LogP contribution in [0, 0.1) is 12.3 Å². The number of aromatic nitrogens is 1. The monoisotopic (exact) mass is 204 g/mol. The lowest BCUT2D eigenvalue weighted by atomic mass is 10.2. The molecule has 0 amide bonds. The predicted octanol–water partition coefficient (Wildman–Crippen LogP) is 2.40. The minimum Gasteiger partial charge on any atom is -0.354 e. The highest BCUT2D eigenvalue weighted by Crippen LogP contribution is 2.02. The smallest absolute Gasteiger partial charge is 0.0238 e. The maximum atomic E-state index is 5.25. The Morgan fingerprint density at radius 1 is 1.60 bits per heavy atom. The summed E-state index contributed by atoms with van der Waals surface area (Å²) >= 11 is 0. The molecule has 0 saturated heterocycles. The van der Waals surface area contributed by atoms with E-state index in [0.29, 0.717) is 6.04 Å². The van der Waals surface area contributed by atoms with Gasteiger partial charge in [-0.3, -0.25) is 0 Å². The molecular formula is C13H20N2. The van der Waals surface area contributed by atoms with Crippen LogP contribution in [0.4, 0.5) is 0 Å². The molecule has 2 heteroatoms. The van der Waals surface area contributed by atoms with Crippen molar-refractivity contribution in [1.82, 2.24) is 9.88 Å². The topological polar surface area (TPSA) is 17.0 Å². The van der Waals surface area contributed by atoms with Crippen molar-refractivity contribution >= 4 is 0 Å². The Hall–Kier alpha value is -1.20. The molecule has 0 fully saturated rings. The van der Waals surface area contributed by atoms with Crippen LogP contribution in [0.3, 0.4) is 0 Å². The summed E-state index contributed by atoms with van der Waals surface area (Å²) in [4.78, 5) is 0. The van der Waals surface area contributed by atoms with Gasteiger partial charge in [0.05, 0.1) is 0 Å². The van der Waals surface area contributed by atoms with Crippen molar-refractivity contribution in [2.45, 2.75) is 45.8 Å². The van der Waals surface area contributed by atoms with E-state index in [2.05, 4.69) is 48.1 Å². The molecular weight excluding hydrogens is 184 g/mol. The van der Waals surface area contributed by atoms with Crippen LogP contribution >= 0.6 is 0 Å². The molecule has 0 aliphatic heterocycles. The maximum absolute atomic E-state index is 5.25. The highest BCUT2D eigenvalue weighted by molar-refractivity contribution is 5.10. The Labute approximate surface area is 92.7 Å². The van der Waals surface area contributed by atoms with Crippen molar-refractivity contribution in [2.24, 2.45) is 0 Å². The highest BCUT2D eigenvalue weighted by Gasteiger charge is 2.00. The van der Waals surface area contributed by atoms with Crippen molar-refractivity contribution in [1.29, 1.82) is 0 Å². The molecule has 0 bridgehead atoms. The minimum atomic E-state index is 0.393. The lowest BCUT2D eigenvalue weighted by Gasteiger charge is -2.09. The van der Waals surface area contributed by atoms with E-state index in [1.807, 2.05) is 0 Å². The maximum Gasteiger partial charge on any atom is 0.0238 e. The molecule has 1 aromatic heterocycles. The van der Waals surface area contributed by atoms with Crippen molar-refractivity contribution in [3.63, 3.8) is 0 Å². The highest BCUT2D eigenvalue weighted by atomic mass is 14.9. The first kappa shape index (κ1) is 11.9. The summed E-state index contributed by atoms with van der Waals surface area (Å²) in [6.45, 7) is 6.30. The van der Waals surface area contributed by atoms with Gasteiger partial charge in [-0.1, -0.05) is 6.92 Å². The second kappa shape index (κ2) is 6.31. The molecule has 1 N–H and O–H groups in total. The summed E-state index contributed by atoms with van der Waals surface area (Å²) in [6, 6.07) is 2.55. The van der Waals surface area contributed by atoms with Crippen molar-refractivity contribution < 1.29 is 0 Å². The number of terminal acetylenes is 1. The number of hydrogen-bond donors (Lipinski definition) is 1. The third kappa shape index (κ3) is 4.22. The number of nitrogens with one attached hydrogen (secondary N) is 1. The van der Waals surface area contributed by atoms with Crippen LogP contribution < -0.4 is 5.32 Å². The van der Waals surface area contributed by atoms with Crippen molar-refractivity contribution in [3.8, 4) is 12.3 Å². The van der Waals surface area contributed by atoms with Gasteiger partial charge in [-0.2, -0.15) is 0 Å². The fraction of sp³-hybridized carbons (Fsp3) is 0.538. The summed E-state index contributed by atoms with van der Waals surface area (Å²) in [7, 11) is 0. The Bertz CT molecular complexity index is 320. The summed E-state index contributed by atoms with van der Waals surface area (Å²) in [5.74, 6) is 2.66. The molecule has 0 aliphatic carbocycles. The standard InChI is InChI=1S/C13H20N2/c1-4-6-12(3)14-10-13-7-9-15(11-13)8-5-2/h1,7,9,11-12,14H,5-6,8,10H2,2-3H3. The largest absolute Gasteiger partial charge is 0.354 e. The molecule has 1 unspecified atom stereocenters. The van der Waals surface area contributed by atoms with Gasteiger partial charge in [0, 0.05) is 37.9 Å². The third-order valence-electron chi connectivity index (χ3n) is 2.37. The number of aryl methyl sites for hydroxylation is 1. The summed E-state index contributed by atoms with van der Waals surface area (Å²) in [5, 5.41) is 3.40. The van der Waals surface area contributed by atoms with Crippen molar-refractivity contribution in [3.05, 3.63) is 24.0 Å². The van der Waals surface area contributed by atoms with E-state index in [4.69, 9.17) is 6.42 Å². The molecule has 0 saturated carbocycles. The van der Waals surface area contributed by atoms with Crippen LogP contribution in [0.2, 0.25) is 0 Å². The molecule has 82 valence electrons. The van der Waals surface area contributed by atoms with Crippen LogP contribution in [0.5, 0.6) is 0 Å². The van der Waals surface area contributed by atoms with Gasteiger partial charge in [0.1, 0.15) is 0 Å². The predicted molar refractivity (Wildman–Crippen MR) is 64.5 cm³/mol. The van der Waals surface area contributed by atoms with Gasteiger partial charge in [-0.05, 0) is 25.0 Å². The average molecular weight is 204 g/mol. The summed E-state index contributed by atoms with van der Waals surface area (Å²) in [5.41, 5.74) is 1.33. The zero-order chi connectivity index (χ0) is 11.1. The zero-order valence-electron chi connectivity index (χ0n) is 9.66. The second-order valence-electron chi connectivity index (χ2n) is 3.95. The van der Waals surface area contributed by atoms with Crippen LogP contribution in [-0.2, 0) is 13.1 Å². The minimum absolute atomic E-state index is 0.393. The molecule has 0 spiro atoms. The van der Waals surface area contributed by atoms with E-state index in [1.54, 1.807) is 0 Å². The van der Waals surface area contributed by atoms with Gasteiger partial charge in [0.25, 0.3) is 0 Å². The second-order valence-corrected chi connectivity index (χ2v) is 3.95. The first-order valence-corrected chi connectivity index (χ1v) is 5.57. The van der Waals surface area contributed by atoms with Gasteiger partial charge in [-0.15, -0.1) is 12.3 Å². The Morgan fingerprint density at radius 2 is 2.40 bits per heavy atom. The van der Waals surface area contributed by atoms with E-state index in [9.17, 15) is 0 Å². The molecule has 1 atom stereocenters.